The average molecular weight is 260 g/mol. The highest BCUT2D eigenvalue weighted by Crippen LogP contribution is 2.20. The summed E-state index contributed by atoms with van der Waals surface area (Å²) in [6, 6.07) is 2.03. The molecule has 0 amide bonds. The number of hydrogen-bond acceptors (Lipinski definition) is 4. The summed E-state index contributed by atoms with van der Waals surface area (Å²) >= 11 is 0. The Morgan fingerprint density at radius 1 is 1.47 bits per heavy atom. The average Bonchev–Trinajstić information content (AvgIpc) is 3.02. The number of aryl methyl sites for hydroxylation is 1. The van der Waals surface area contributed by atoms with E-state index in [-0.39, 0.29) is 0 Å². The lowest BCUT2D eigenvalue weighted by molar-refractivity contribution is 0.143. The van der Waals surface area contributed by atoms with Crippen molar-refractivity contribution in [2.45, 2.75) is 32.9 Å². The minimum atomic E-state index is 0.701. The van der Waals surface area contributed by atoms with Crippen molar-refractivity contribution in [3.63, 3.8) is 0 Å². The molecule has 3 rings (SSSR count). The zero-order valence-electron chi connectivity index (χ0n) is 11.3. The van der Waals surface area contributed by atoms with Crippen molar-refractivity contribution in [2.75, 3.05) is 13.1 Å². The van der Waals surface area contributed by atoms with Crippen LogP contribution in [0.4, 0.5) is 0 Å². The molecule has 0 aromatic carbocycles. The molecule has 0 radical (unpaired) electrons. The Kier molecular flexibility index (Phi) is 3.64. The van der Waals surface area contributed by atoms with Gasteiger partial charge in [-0.15, -0.1) is 0 Å². The second-order valence-corrected chi connectivity index (χ2v) is 5.44. The first-order valence-electron chi connectivity index (χ1n) is 6.90. The third-order valence-electron chi connectivity index (χ3n) is 3.69. The van der Waals surface area contributed by atoms with Gasteiger partial charge in [0.25, 0.3) is 0 Å². The lowest BCUT2D eigenvalue weighted by Gasteiger charge is -2.32. The summed E-state index contributed by atoms with van der Waals surface area (Å²) in [7, 11) is 0. The highest BCUT2D eigenvalue weighted by Gasteiger charge is 2.21. The molecular weight excluding hydrogens is 240 g/mol. The molecule has 0 aliphatic carbocycles. The van der Waals surface area contributed by atoms with Crippen molar-refractivity contribution in [1.82, 2.24) is 19.6 Å². The maximum atomic E-state index is 5.30. The molecule has 0 spiro atoms. The van der Waals surface area contributed by atoms with E-state index in [1.54, 1.807) is 0 Å². The van der Waals surface area contributed by atoms with E-state index >= 15 is 0 Å². The first-order chi connectivity index (χ1) is 9.29. The highest BCUT2D eigenvalue weighted by molar-refractivity contribution is 5.03. The molecule has 1 unspecified atom stereocenters. The topological polar surface area (TPSA) is 47.1 Å². The molecule has 0 saturated carbocycles. The number of piperidine rings is 1. The lowest BCUT2D eigenvalue weighted by atomic mass is 9.98. The molecular formula is C14H20N4O. The van der Waals surface area contributed by atoms with Gasteiger partial charge in [-0.2, -0.15) is 0 Å². The Morgan fingerprint density at radius 3 is 3.16 bits per heavy atom. The van der Waals surface area contributed by atoms with Gasteiger partial charge in [-0.1, -0.05) is 5.16 Å². The second kappa shape index (κ2) is 5.57. The molecule has 19 heavy (non-hydrogen) atoms. The predicted molar refractivity (Wildman–Crippen MR) is 71.5 cm³/mol. The normalized spacial score (nSPS) is 20.8. The standard InChI is InChI=1S/C14H20N4O/c1-12-7-14(19-16-12)10-17-5-2-3-13(8-17)9-18-6-4-15-11-18/h4,6-7,11,13H,2-3,5,8-10H2,1H3. The molecule has 2 aromatic heterocycles. The van der Waals surface area contributed by atoms with Crippen LogP contribution in [0.2, 0.25) is 0 Å². The molecule has 1 saturated heterocycles. The summed E-state index contributed by atoms with van der Waals surface area (Å²) in [5, 5.41) is 3.95. The van der Waals surface area contributed by atoms with Crippen molar-refractivity contribution in [1.29, 1.82) is 0 Å². The van der Waals surface area contributed by atoms with Crippen molar-refractivity contribution in [2.24, 2.45) is 5.92 Å². The molecule has 102 valence electrons. The van der Waals surface area contributed by atoms with Crippen LogP contribution in [-0.4, -0.2) is 32.7 Å². The third-order valence-corrected chi connectivity index (χ3v) is 3.69. The van der Waals surface area contributed by atoms with Crippen molar-refractivity contribution in [3.8, 4) is 0 Å². The summed E-state index contributed by atoms with van der Waals surface area (Å²) in [6.45, 7) is 6.18. The number of nitrogens with zero attached hydrogens (tertiary/aromatic N) is 4. The van der Waals surface area contributed by atoms with Gasteiger partial charge in [-0.3, -0.25) is 4.90 Å². The Morgan fingerprint density at radius 2 is 2.42 bits per heavy atom. The fourth-order valence-corrected chi connectivity index (χ4v) is 2.85. The molecule has 2 aromatic rings. The summed E-state index contributed by atoms with van der Waals surface area (Å²) in [5.41, 5.74) is 0.960. The van der Waals surface area contributed by atoms with Crippen LogP contribution in [0.1, 0.15) is 24.3 Å². The summed E-state index contributed by atoms with van der Waals surface area (Å²) in [6.07, 6.45) is 8.34. The molecule has 0 N–H and O–H groups in total. The number of rotatable bonds is 4. The third kappa shape index (κ3) is 3.23. The van der Waals surface area contributed by atoms with Crippen molar-refractivity contribution < 1.29 is 4.52 Å². The van der Waals surface area contributed by atoms with E-state index in [1.807, 2.05) is 31.7 Å². The van der Waals surface area contributed by atoms with E-state index in [2.05, 4.69) is 19.6 Å². The van der Waals surface area contributed by atoms with Crippen molar-refractivity contribution in [3.05, 3.63) is 36.2 Å². The Bertz CT molecular complexity index is 505. The largest absolute Gasteiger partial charge is 0.360 e. The number of hydrogen-bond donors (Lipinski definition) is 0. The fourth-order valence-electron chi connectivity index (χ4n) is 2.85. The Balaban J connectivity index is 1.55. The van der Waals surface area contributed by atoms with E-state index < -0.39 is 0 Å². The van der Waals surface area contributed by atoms with Crippen LogP contribution in [0.3, 0.4) is 0 Å². The molecule has 1 atom stereocenters. The summed E-state index contributed by atoms with van der Waals surface area (Å²) in [4.78, 5) is 6.57. The molecule has 1 aliphatic rings. The maximum Gasteiger partial charge on any atom is 0.150 e. The van der Waals surface area contributed by atoms with Gasteiger partial charge < -0.3 is 9.09 Å². The first kappa shape index (κ1) is 12.4. The number of aromatic nitrogens is 3. The van der Waals surface area contributed by atoms with Crippen LogP contribution >= 0.6 is 0 Å². The molecule has 0 bridgehead atoms. The van der Waals surface area contributed by atoms with Crippen LogP contribution < -0.4 is 0 Å². The molecule has 5 heteroatoms. The zero-order chi connectivity index (χ0) is 13.1. The first-order valence-corrected chi connectivity index (χ1v) is 6.90. The van der Waals surface area contributed by atoms with Crippen molar-refractivity contribution >= 4 is 0 Å². The smallest absolute Gasteiger partial charge is 0.150 e. The van der Waals surface area contributed by atoms with Crippen LogP contribution in [0.25, 0.3) is 0 Å². The van der Waals surface area contributed by atoms with Crippen LogP contribution in [0.15, 0.2) is 29.3 Å². The molecule has 1 fully saturated rings. The highest BCUT2D eigenvalue weighted by atomic mass is 16.5. The quantitative estimate of drug-likeness (QED) is 0.844. The van der Waals surface area contributed by atoms with E-state index in [1.165, 1.54) is 12.8 Å². The van der Waals surface area contributed by atoms with Crippen LogP contribution in [-0.2, 0) is 13.1 Å². The summed E-state index contributed by atoms with van der Waals surface area (Å²) in [5.74, 6) is 1.67. The number of likely N-dealkylation sites (tertiary alicyclic amines) is 1. The van der Waals surface area contributed by atoms with Crippen LogP contribution in [0, 0.1) is 12.8 Å². The lowest BCUT2D eigenvalue weighted by Crippen LogP contribution is -2.36. The van der Waals surface area contributed by atoms with E-state index in [0.29, 0.717) is 5.92 Å². The Labute approximate surface area is 113 Å². The van der Waals surface area contributed by atoms with E-state index in [4.69, 9.17) is 4.52 Å². The summed E-state index contributed by atoms with van der Waals surface area (Å²) < 4.78 is 7.47. The van der Waals surface area contributed by atoms with Gasteiger partial charge in [-0.05, 0) is 32.2 Å². The zero-order valence-corrected chi connectivity index (χ0v) is 11.3. The SMILES string of the molecule is Cc1cc(CN2CCCC(Cn3ccnc3)C2)on1. The second-order valence-electron chi connectivity index (χ2n) is 5.44. The monoisotopic (exact) mass is 260 g/mol. The maximum absolute atomic E-state index is 5.30. The number of imidazole rings is 1. The molecule has 5 nitrogen and oxygen atoms in total. The van der Waals surface area contributed by atoms with Crippen LogP contribution in [0.5, 0.6) is 0 Å². The van der Waals surface area contributed by atoms with Gasteiger partial charge in [0.1, 0.15) is 0 Å². The molecule has 3 heterocycles. The fraction of sp³-hybridized carbons (Fsp3) is 0.571. The molecule has 1 aliphatic heterocycles. The minimum absolute atomic E-state index is 0.701. The van der Waals surface area contributed by atoms with Gasteiger partial charge in [0.05, 0.1) is 18.6 Å². The Hall–Kier alpha value is -1.62. The van der Waals surface area contributed by atoms with Gasteiger partial charge >= 0.3 is 0 Å². The van der Waals surface area contributed by atoms with Gasteiger partial charge in [0.15, 0.2) is 5.76 Å². The predicted octanol–water partition coefficient (Wildman–Crippen LogP) is 2.09. The van der Waals surface area contributed by atoms with Gasteiger partial charge in [-0.25, -0.2) is 4.98 Å². The minimum Gasteiger partial charge on any atom is -0.360 e. The van der Waals surface area contributed by atoms with E-state index in [0.717, 1.165) is 37.6 Å². The van der Waals surface area contributed by atoms with Gasteiger partial charge in [0.2, 0.25) is 0 Å². The van der Waals surface area contributed by atoms with E-state index in [9.17, 15) is 0 Å². The van der Waals surface area contributed by atoms with Gasteiger partial charge in [0, 0.05) is 31.5 Å².